The number of alkyl halides is 3. The summed E-state index contributed by atoms with van der Waals surface area (Å²) < 4.78 is 58.2. The van der Waals surface area contributed by atoms with Crippen molar-refractivity contribution in [3.8, 4) is 21.6 Å². The van der Waals surface area contributed by atoms with Gasteiger partial charge >= 0.3 is 6.18 Å². The van der Waals surface area contributed by atoms with E-state index in [0.717, 1.165) is 21.7 Å². The number of rotatable bonds is 16. The van der Waals surface area contributed by atoms with Crippen LogP contribution in [-0.2, 0) is 36.7 Å². The van der Waals surface area contributed by atoms with E-state index in [2.05, 4.69) is 46.1 Å². The van der Waals surface area contributed by atoms with E-state index in [9.17, 15) is 51.8 Å². The van der Waals surface area contributed by atoms with Gasteiger partial charge in [0, 0.05) is 119 Å². The van der Waals surface area contributed by atoms with Crippen molar-refractivity contribution in [2.75, 3.05) is 74.5 Å². The number of piperazine rings is 2. The SMILES string of the molecule is Cc1ncsc1-c1ccc(CNC(=O)[C@@H]2C[C@@H](O)CN2C(=O)[C@@H](NC(=O)CNC(=O)CCC(=O)N2CCN(c3ncc(-c4cc(NC(=O)c5c[nH]c(=O)cc5C(F)(F)F)c(N5C[C@@H](C)N(C)[C@@H](C)C5)cc4F)cn3)CC2)C(C)(C)C)cc1. The van der Waals surface area contributed by atoms with E-state index in [-0.39, 0.29) is 91.9 Å². The van der Waals surface area contributed by atoms with Gasteiger partial charge in [-0.2, -0.15) is 13.2 Å². The predicted molar refractivity (Wildman–Crippen MR) is 299 cm³/mol. The molecule has 0 saturated carbocycles. The first kappa shape index (κ1) is 60.3. The summed E-state index contributed by atoms with van der Waals surface area (Å²) >= 11 is 1.54. The first-order valence-corrected chi connectivity index (χ1v) is 27.7. The first-order chi connectivity index (χ1) is 38.7. The van der Waals surface area contributed by atoms with E-state index in [0.29, 0.717) is 38.4 Å². The maximum Gasteiger partial charge on any atom is 0.417 e. The number of hydrogen-bond acceptors (Lipinski definition) is 15. The number of pyridine rings is 1. The lowest BCUT2D eigenvalue weighted by molar-refractivity contribution is -0.144. The maximum absolute atomic E-state index is 16.2. The van der Waals surface area contributed by atoms with Crippen LogP contribution in [0.5, 0.6) is 0 Å². The van der Waals surface area contributed by atoms with Gasteiger partial charge in [-0.3, -0.25) is 38.5 Å². The van der Waals surface area contributed by atoms with Gasteiger partial charge in [-0.05, 0) is 56.5 Å². The van der Waals surface area contributed by atoms with Crippen molar-refractivity contribution < 1.29 is 51.4 Å². The third-order valence-corrected chi connectivity index (χ3v) is 16.1. The second-order valence-corrected chi connectivity index (χ2v) is 22.9. The second-order valence-electron chi connectivity index (χ2n) is 22.1. The lowest BCUT2D eigenvalue weighted by Crippen LogP contribution is -2.58. The average molecular weight is 1160 g/mol. The maximum atomic E-state index is 16.2. The summed E-state index contributed by atoms with van der Waals surface area (Å²) in [6.07, 6.45) is -2.93. The highest BCUT2D eigenvalue weighted by Crippen LogP contribution is 2.38. The van der Waals surface area contributed by atoms with Gasteiger partial charge in [0.25, 0.3) is 5.91 Å². The molecule has 82 heavy (non-hydrogen) atoms. The van der Waals surface area contributed by atoms with Gasteiger partial charge < -0.3 is 51.0 Å². The van der Waals surface area contributed by atoms with Gasteiger partial charge in [0.2, 0.25) is 41.0 Å². The Bertz CT molecular complexity index is 3220. The van der Waals surface area contributed by atoms with Gasteiger partial charge in [0.1, 0.15) is 17.9 Å². The highest BCUT2D eigenvalue weighted by atomic mass is 32.1. The van der Waals surface area contributed by atoms with Crippen LogP contribution < -0.4 is 36.6 Å². The number of anilines is 3. The number of nitrogens with one attached hydrogen (secondary N) is 5. The standard InChI is InChI=1S/C56H67F4N13O8S/c1-31-27-72(28-32(2)69(31)7)43-21-41(57)38(19-42(43)67-51(79)39-25-61-46(76)20-40(39)56(58,59)60)36-23-64-54(65-24-36)71-16-14-70(15-17-71)48(78)13-12-45(75)62-26-47(77)68-50(55(4,5)6)53(81)73-29-37(74)18-44(73)52(80)63-22-34-8-10-35(11-9-34)49-33(3)66-30-82-49/h8-11,19-21,23-25,30-32,37,44,50,74H,12-18,22,26-29H2,1-7H3,(H,61,76)(H,62,75)(H,63,80)(H,67,79)(H,68,77)/t31-,32+,37-,44+,50-/m1/s1. The van der Waals surface area contributed by atoms with Gasteiger partial charge in [-0.15, -0.1) is 11.3 Å². The monoisotopic (exact) mass is 1160 g/mol. The molecule has 0 bridgehead atoms. The fraction of sp³-hybridized carbons (Fsp3) is 0.464. The third kappa shape index (κ3) is 14.2. The second kappa shape index (κ2) is 25.1. The van der Waals surface area contributed by atoms with Crippen LogP contribution in [0.15, 0.2) is 71.4 Å². The number of halogens is 4. The Labute approximate surface area is 474 Å². The van der Waals surface area contributed by atoms with Gasteiger partial charge in [-0.1, -0.05) is 45.0 Å². The highest BCUT2D eigenvalue weighted by Gasteiger charge is 2.45. The molecule has 6 N–H and O–H groups in total. The fourth-order valence-electron chi connectivity index (χ4n) is 10.2. The number of likely N-dealkylation sites (N-methyl/N-ethyl adjacent to an activating group) is 1. The number of likely N-dealkylation sites (tertiary alicyclic amines) is 1. The quantitative estimate of drug-likeness (QED) is 0.0741. The van der Waals surface area contributed by atoms with E-state index >= 15 is 4.39 Å². The summed E-state index contributed by atoms with van der Waals surface area (Å²) in [4.78, 5) is 117. The van der Waals surface area contributed by atoms with Crippen molar-refractivity contribution in [3.05, 3.63) is 105 Å². The molecule has 5 aromatic rings. The predicted octanol–water partition coefficient (Wildman–Crippen LogP) is 4.56. The molecule has 3 aliphatic rings. The molecular weight excluding hydrogens is 1090 g/mol. The van der Waals surface area contributed by atoms with Crippen LogP contribution in [0.1, 0.15) is 81.1 Å². The molecule has 438 valence electrons. The molecule has 21 nitrogen and oxygen atoms in total. The van der Waals surface area contributed by atoms with E-state index < -0.39 is 88.4 Å². The zero-order chi connectivity index (χ0) is 59.4. The molecule has 5 atom stereocenters. The molecule has 3 aliphatic heterocycles. The first-order valence-electron chi connectivity index (χ1n) is 26.8. The number of β-amino-alcohol motifs (C(OH)–C–C–N with tert-alkyl or cyclic N) is 1. The van der Waals surface area contributed by atoms with E-state index in [4.69, 9.17) is 0 Å². The Morgan fingerprint density at radius 3 is 2.15 bits per heavy atom. The zero-order valence-electron chi connectivity index (χ0n) is 46.5. The van der Waals surface area contributed by atoms with Crippen molar-refractivity contribution in [2.24, 2.45) is 5.41 Å². The van der Waals surface area contributed by atoms with Crippen molar-refractivity contribution in [1.82, 2.24) is 50.6 Å². The largest absolute Gasteiger partial charge is 0.417 e. The summed E-state index contributed by atoms with van der Waals surface area (Å²) in [6.45, 7) is 12.6. The summed E-state index contributed by atoms with van der Waals surface area (Å²) in [7, 11) is 1.95. The van der Waals surface area contributed by atoms with Crippen LogP contribution in [0.2, 0.25) is 0 Å². The van der Waals surface area contributed by atoms with E-state index in [1.54, 1.807) is 31.2 Å². The number of amides is 6. The number of aromatic nitrogens is 4. The van der Waals surface area contributed by atoms with Gasteiger partial charge in [0.15, 0.2) is 0 Å². The summed E-state index contributed by atoms with van der Waals surface area (Å²) in [5.41, 5.74) is 0.806. The van der Waals surface area contributed by atoms with Crippen LogP contribution >= 0.6 is 11.3 Å². The number of aryl methyl sites for hydroxylation is 1. The fourth-order valence-corrected chi connectivity index (χ4v) is 11.1. The third-order valence-electron chi connectivity index (χ3n) is 15.1. The number of benzene rings is 2. The van der Waals surface area contributed by atoms with Crippen LogP contribution in [0.4, 0.5) is 34.9 Å². The average Bonchev–Trinajstić information content (AvgIpc) is 4.10. The molecule has 3 aromatic heterocycles. The number of thiazole rings is 1. The van der Waals surface area contributed by atoms with E-state index in [1.165, 1.54) is 40.8 Å². The Kier molecular flexibility index (Phi) is 18.5. The Balaban J connectivity index is 0.819. The van der Waals surface area contributed by atoms with Crippen LogP contribution in [0.25, 0.3) is 21.6 Å². The number of aliphatic hydroxyl groups is 1. The molecule has 6 amide bonds. The van der Waals surface area contributed by atoms with Crippen LogP contribution in [-0.4, -0.2) is 165 Å². The minimum Gasteiger partial charge on any atom is -0.391 e. The molecule has 26 heteroatoms. The Morgan fingerprint density at radius 2 is 1.52 bits per heavy atom. The number of nitrogens with zero attached hydrogens (tertiary/aromatic N) is 8. The van der Waals surface area contributed by atoms with Crippen molar-refractivity contribution in [2.45, 2.75) is 104 Å². The molecule has 6 heterocycles. The van der Waals surface area contributed by atoms with E-state index in [1.807, 2.05) is 61.9 Å². The van der Waals surface area contributed by atoms with Crippen molar-refractivity contribution >= 4 is 64.1 Å². The molecule has 8 rings (SSSR count). The Hall–Kier alpha value is -7.84. The van der Waals surface area contributed by atoms with Crippen LogP contribution in [0, 0.1) is 18.2 Å². The smallest absolute Gasteiger partial charge is 0.391 e. The van der Waals surface area contributed by atoms with Gasteiger partial charge in [0.05, 0.1) is 51.2 Å². The zero-order valence-corrected chi connectivity index (χ0v) is 47.3. The number of aromatic amines is 1. The molecule has 0 spiro atoms. The molecule has 0 aliphatic carbocycles. The van der Waals surface area contributed by atoms with Crippen LogP contribution in [0.3, 0.4) is 0 Å². The molecule has 0 radical (unpaired) electrons. The number of aliphatic hydroxyl groups excluding tert-OH is 1. The minimum atomic E-state index is -5.02. The number of hydrogen-bond donors (Lipinski definition) is 6. The molecule has 3 saturated heterocycles. The molecular formula is C56H67F4N13O8S. The normalized spacial score (nSPS) is 19.2. The van der Waals surface area contributed by atoms with Crippen molar-refractivity contribution in [1.29, 1.82) is 0 Å². The number of carbonyl (C=O) groups is 6. The topological polar surface area (TPSA) is 258 Å². The molecule has 3 fully saturated rings. The van der Waals surface area contributed by atoms with Gasteiger partial charge in [-0.25, -0.2) is 19.3 Å². The number of carbonyl (C=O) groups excluding carboxylic acids is 6. The highest BCUT2D eigenvalue weighted by molar-refractivity contribution is 7.13. The minimum absolute atomic E-state index is 0.000304. The molecule has 0 unspecified atom stereocenters. The summed E-state index contributed by atoms with van der Waals surface area (Å²) in [6, 6.07) is 8.40. The lowest BCUT2D eigenvalue weighted by Gasteiger charge is -2.44. The van der Waals surface area contributed by atoms with Crippen molar-refractivity contribution in [3.63, 3.8) is 0 Å². The molecule has 2 aromatic carbocycles. The number of H-pyrrole nitrogens is 1. The summed E-state index contributed by atoms with van der Waals surface area (Å²) in [5.74, 6) is -4.18. The lowest BCUT2D eigenvalue weighted by atomic mass is 9.85. The Morgan fingerprint density at radius 1 is 0.854 bits per heavy atom. The summed E-state index contributed by atoms with van der Waals surface area (Å²) in [5, 5.41) is 21.2.